The third-order valence-electron chi connectivity index (χ3n) is 3.09. The molecule has 2 rings (SSSR count). The van der Waals surface area contributed by atoms with E-state index in [4.69, 9.17) is 5.73 Å². The number of carbonyl (C=O) groups is 1. The molecule has 3 N–H and O–H groups in total. The molecule has 0 aliphatic heterocycles. The number of amides is 1. The van der Waals surface area contributed by atoms with E-state index in [1.807, 2.05) is 6.92 Å². The Labute approximate surface area is 117 Å². The number of anilines is 1. The minimum atomic E-state index is -0.260. The molecule has 0 fully saturated rings. The Balaban J connectivity index is 1.97. The highest BCUT2D eigenvalue weighted by Gasteiger charge is 2.13. The van der Waals surface area contributed by atoms with Gasteiger partial charge < -0.3 is 15.6 Å². The van der Waals surface area contributed by atoms with Crippen LogP contribution in [0.5, 0.6) is 0 Å². The topological polar surface area (TPSA) is 60.1 Å². The van der Waals surface area contributed by atoms with Crippen LogP contribution in [0, 0.1) is 5.82 Å². The molecule has 1 amide bonds. The van der Waals surface area contributed by atoms with Crippen LogP contribution < -0.4 is 11.1 Å². The average Bonchev–Trinajstić information content (AvgIpc) is 2.71. The van der Waals surface area contributed by atoms with E-state index in [0.717, 1.165) is 5.56 Å². The molecule has 2 aromatic rings. The van der Waals surface area contributed by atoms with Crippen LogP contribution in [0.15, 0.2) is 36.5 Å². The van der Waals surface area contributed by atoms with E-state index in [2.05, 4.69) is 5.32 Å². The number of hydrogen-bond acceptors (Lipinski definition) is 2. The fraction of sp³-hybridized carbons (Fsp3) is 0.267. The summed E-state index contributed by atoms with van der Waals surface area (Å²) in [4.78, 5) is 12.1. The number of nitrogens with zero attached hydrogens (tertiary/aromatic N) is 1. The number of aromatic nitrogens is 1. The Hall–Kier alpha value is -2.30. The molecule has 1 aromatic heterocycles. The molecule has 5 heteroatoms. The summed E-state index contributed by atoms with van der Waals surface area (Å²) in [5, 5.41) is 2.90. The van der Waals surface area contributed by atoms with Crippen LogP contribution in [0.3, 0.4) is 0 Å². The maximum Gasteiger partial charge on any atom is 0.268 e. The van der Waals surface area contributed by atoms with Gasteiger partial charge in [-0.25, -0.2) is 4.39 Å². The Morgan fingerprint density at radius 1 is 1.40 bits per heavy atom. The van der Waals surface area contributed by atoms with Gasteiger partial charge in [0.25, 0.3) is 5.91 Å². The van der Waals surface area contributed by atoms with Gasteiger partial charge in [-0.3, -0.25) is 4.79 Å². The largest absolute Gasteiger partial charge is 0.397 e. The molecule has 1 aromatic carbocycles. The summed E-state index contributed by atoms with van der Waals surface area (Å²) < 4.78 is 14.5. The molecule has 0 spiro atoms. The molecule has 1 unspecified atom stereocenters. The quantitative estimate of drug-likeness (QED) is 0.897. The van der Waals surface area contributed by atoms with Crippen molar-refractivity contribution in [2.24, 2.45) is 7.05 Å². The predicted octanol–water partition coefficient (Wildman–Crippen LogP) is 2.11. The zero-order valence-electron chi connectivity index (χ0n) is 11.6. The lowest BCUT2D eigenvalue weighted by atomic mass is 10.1. The first kappa shape index (κ1) is 14.1. The molecular weight excluding hydrogens is 257 g/mol. The minimum absolute atomic E-state index is 0.0518. The van der Waals surface area contributed by atoms with E-state index in [1.54, 1.807) is 36.0 Å². The lowest BCUT2D eigenvalue weighted by molar-refractivity contribution is 0.0932. The summed E-state index contributed by atoms with van der Waals surface area (Å²) in [5.41, 5.74) is 7.71. The average molecular weight is 275 g/mol. The van der Waals surface area contributed by atoms with Crippen molar-refractivity contribution in [3.8, 4) is 0 Å². The van der Waals surface area contributed by atoms with Gasteiger partial charge in [0.05, 0.1) is 5.69 Å². The second-order valence-corrected chi connectivity index (χ2v) is 4.97. The van der Waals surface area contributed by atoms with Gasteiger partial charge in [0.2, 0.25) is 0 Å². The van der Waals surface area contributed by atoms with Crippen molar-refractivity contribution in [1.29, 1.82) is 0 Å². The highest BCUT2D eigenvalue weighted by atomic mass is 19.1. The van der Waals surface area contributed by atoms with Crippen LogP contribution in [0.4, 0.5) is 10.1 Å². The van der Waals surface area contributed by atoms with Crippen molar-refractivity contribution in [3.05, 3.63) is 53.6 Å². The SMILES string of the molecule is CC(Cc1ccc(F)cc1)NC(=O)c1cc(N)cn1C. The predicted molar refractivity (Wildman–Crippen MR) is 76.9 cm³/mol. The molecule has 0 aliphatic rings. The summed E-state index contributed by atoms with van der Waals surface area (Å²) in [6, 6.07) is 7.87. The highest BCUT2D eigenvalue weighted by Crippen LogP contribution is 2.10. The zero-order valence-corrected chi connectivity index (χ0v) is 11.6. The molecular formula is C15H18FN3O. The van der Waals surface area contributed by atoms with Gasteiger partial charge in [-0.15, -0.1) is 0 Å². The third-order valence-corrected chi connectivity index (χ3v) is 3.09. The number of rotatable bonds is 4. The van der Waals surface area contributed by atoms with Crippen molar-refractivity contribution in [2.45, 2.75) is 19.4 Å². The van der Waals surface area contributed by atoms with Gasteiger partial charge in [-0.1, -0.05) is 12.1 Å². The summed E-state index contributed by atoms with van der Waals surface area (Å²) in [6.07, 6.45) is 2.34. The third kappa shape index (κ3) is 3.38. The number of nitrogens with one attached hydrogen (secondary N) is 1. The summed E-state index contributed by atoms with van der Waals surface area (Å²) >= 11 is 0. The van der Waals surface area contributed by atoms with Crippen molar-refractivity contribution in [3.63, 3.8) is 0 Å². The number of hydrogen-bond donors (Lipinski definition) is 2. The summed E-state index contributed by atoms with van der Waals surface area (Å²) in [5.74, 6) is -0.427. The van der Waals surface area contributed by atoms with Crippen molar-refractivity contribution >= 4 is 11.6 Å². The van der Waals surface area contributed by atoms with Crippen LogP contribution in [0.1, 0.15) is 23.0 Å². The number of nitrogen functional groups attached to an aromatic ring is 1. The lowest BCUT2D eigenvalue weighted by Crippen LogP contribution is -2.35. The smallest absolute Gasteiger partial charge is 0.268 e. The first-order chi connectivity index (χ1) is 9.45. The molecule has 0 bridgehead atoms. The van der Waals surface area contributed by atoms with E-state index >= 15 is 0 Å². The van der Waals surface area contributed by atoms with Crippen LogP contribution in [0.25, 0.3) is 0 Å². The zero-order chi connectivity index (χ0) is 14.7. The van der Waals surface area contributed by atoms with E-state index in [-0.39, 0.29) is 17.8 Å². The Kier molecular flexibility index (Phi) is 4.08. The molecule has 20 heavy (non-hydrogen) atoms. The first-order valence-corrected chi connectivity index (χ1v) is 6.43. The Morgan fingerprint density at radius 3 is 2.60 bits per heavy atom. The van der Waals surface area contributed by atoms with Gasteiger partial charge in [-0.05, 0) is 37.1 Å². The number of benzene rings is 1. The second kappa shape index (κ2) is 5.77. The van der Waals surface area contributed by atoms with Gasteiger partial charge in [0, 0.05) is 19.3 Å². The fourth-order valence-corrected chi connectivity index (χ4v) is 2.14. The van der Waals surface area contributed by atoms with Gasteiger partial charge in [-0.2, -0.15) is 0 Å². The summed E-state index contributed by atoms with van der Waals surface area (Å²) in [7, 11) is 1.77. The second-order valence-electron chi connectivity index (χ2n) is 4.97. The van der Waals surface area contributed by atoms with Crippen LogP contribution in [-0.2, 0) is 13.5 Å². The van der Waals surface area contributed by atoms with Gasteiger partial charge in [0.1, 0.15) is 11.5 Å². The molecule has 1 atom stereocenters. The van der Waals surface area contributed by atoms with E-state index in [1.165, 1.54) is 12.1 Å². The normalized spacial score (nSPS) is 12.2. The van der Waals surface area contributed by atoms with E-state index in [9.17, 15) is 9.18 Å². The van der Waals surface area contributed by atoms with E-state index in [0.29, 0.717) is 17.8 Å². The van der Waals surface area contributed by atoms with E-state index < -0.39 is 0 Å². The molecule has 0 saturated carbocycles. The highest BCUT2D eigenvalue weighted by molar-refractivity contribution is 5.93. The number of nitrogens with two attached hydrogens (primary N) is 1. The maximum absolute atomic E-state index is 12.8. The lowest BCUT2D eigenvalue weighted by Gasteiger charge is -2.14. The Morgan fingerprint density at radius 2 is 2.05 bits per heavy atom. The molecule has 0 aliphatic carbocycles. The van der Waals surface area contributed by atoms with Crippen molar-refractivity contribution in [1.82, 2.24) is 9.88 Å². The number of halogens is 1. The monoisotopic (exact) mass is 275 g/mol. The number of aryl methyl sites for hydroxylation is 1. The van der Waals surface area contributed by atoms with Crippen molar-refractivity contribution in [2.75, 3.05) is 5.73 Å². The maximum atomic E-state index is 12.8. The van der Waals surface area contributed by atoms with Crippen molar-refractivity contribution < 1.29 is 9.18 Å². The molecule has 0 radical (unpaired) electrons. The Bertz CT molecular complexity index is 604. The minimum Gasteiger partial charge on any atom is -0.397 e. The molecule has 4 nitrogen and oxygen atoms in total. The molecule has 0 saturated heterocycles. The standard InChI is InChI=1S/C15H18FN3O/c1-10(7-11-3-5-12(16)6-4-11)18-15(20)14-8-13(17)9-19(14)2/h3-6,8-10H,7,17H2,1-2H3,(H,18,20). The van der Waals surface area contributed by atoms with Crippen LogP contribution in [-0.4, -0.2) is 16.5 Å². The van der Waals surface area contributed by atoms with Gasteiger partial charge >= 0.3 is 0 Å². The summed E-state index contributed by atoms with van der Waals surface area (Å²) in [6.45, 7) is 1.91. The first-order valence-electron chi connectivity index (χ1n) is 6.43. The van der Waals surface area contributed by atoms with Crippen LogP contribution in [0.2, 0.25) is 0 Å². The molecule has 106 valence electrons. The number of carbonyl (C=O) groups excluding carboxylic acids is 1. The fourth-order valence-electron chi connectivity index (χ4n) is 2.14. The van der Waals surface area contributed by atoms with Gasteiger partial charge in [0.15, 0.2) is 0 Å². The molecule has 1 heterocycles. The van der Waals surface area contributed by atoms with Crippen LogP contribution >= 0.6 is 0 Å².